The van der Waals surface area contributed by atoms with Gasteiger partial charge in [0.2, 0.25) is 5.88 Å². The van der Waals surface area contributed by atoms with Crippen LogP contribution in [0.2, 0.25) is 0 Å². The summed E-state index contributed by atoms with van der Waals surface area (Å²) >= 11 is 0. The number of pyridine rings is 1. The molecule has 0 saturated heterocycles. The molecule has 0 fully saturated rings. The maximum atomic E-state index is 13.1. The third kappa shape index (κ3) is 3.93. The highest BCUT2D eigenvalue weighted by atomic mass is 32.2. The first kappa shape index (κ1) is 21.1. The molecule has 0 amide bonds. The Balaban J connectivity index is 1.82. The molecule has 0 bridgehead atoms. The third-order valence-corrected chi connectivity index (χ3v) is 6.09. The largest absolute Gasteiger partial charge is 0.497 e. The minimum Gasteiger partial charge on any atom is -0.497 e. The van der Waals surface area contributed by atoms with Crippen LogP contribution in [0.3, 0.4) is 0 Å². The van der Waals surface area contributed by atoms with E-state index in [4.69, 9.17) is 4.74 Å². The van der Waals surface area contributed by atoms with E-state index < -0.39 is 15.6 Å². The summed E-state index contributed by atoms with van der Waals surface area (Å²) in [5.74, 6) is 0.223. The number of fused-ring (bicyclic) bond motifs is 1. The van der Waals surface area contributed by atoms with E-state index in [0.29, 0.717) is 22.2 Å². The number of aromatic hydroxyl groups is 1. The molecular formula is C23H19N3O5S. The molecule has 2 N–H and O–H groups in total. The third-order valence-electron chi connectivity index (χ3n) is 4.85. The molecule has 3 aromatic carbocycles. The summed E-state index contributed by atoms with van der Waals surface area (Å²) in [7, 11) is -2.36. The van der Waals surface area contributed by atoms with Crippen LogP contribution in [0.1, 0.15) is 5.56 Å². The summed E-state index contributed by atoms with van der Waals surface area (Å²) in [5, 5.41) is 15.6. The first-order valence-electron chi connectivity index (χ1n) is 9.53. The molecule has 1 heterocycles. The van der Waals surface area contributed by atoms with Crippen LogP contribution in [0.5, 0.6) is 11.6 Å². The highest BCUT2D eigenvalue weighted by Gasteiger charge is 2.17. The summed E-state index contributed by atoms with van der Waals surface area (Å²) in [5.41, 5.74) is 0.177. The Morgan fingerprint density at radius 2 is 1.56 bits per heavy atom. The lowest BCUT2D eigenvalue weighted by Gasteiger charge is -2.14. The van der Waals surface area contributed by atoms with Gasteiger partial charge < -0.3 is 9.84 Å². The van der Waals surface area contributed by atoms with Gasteiger partial charge in [-0.25, -0.2) is 9.40 Å². The lowest BCUT2D eigenvalue weighted by Crippen LogP contribution is -2.21. The standard InChI is InChI=1S/C23H19N3O5S/c1-31-17-13-11-16(12-14-17)26-22(27)20-10-6-5-9-19(20)21(23(26)28)15-24-25-32(29,30)18-7-3-2-4-8-18/h2-15,25,28H,1H3/b24-15+. The lowest BCUT2D eigenvalue weighted by atomic mass is 10.1. The molecule has 4 aromatic rings. The predicted octanol–water partition coefficient (Wildman–Crippen LogP) is 3.02. The van der Waals surface area contributed by atoms with Crippen molar-refractivity contribution in [3.8, 4) is 17.3 Å². The SMILES string of the molecule is COc1ccc(-n2c(O)c(/C=N/NS(=O)(=O)c3ccccc3)c3ccccc3c2=O)cc1. The van der Waals surface area contributed by atoms with Crippen LogP contribution in [0, 0.1) is 0 Å². The Kier molecular flexibility index (Phi) is 5.65. The zero-order valence-corrected chi connectivity index (χ0v) is 17.8. The van der Waals surface area contributed by atoms with Crippen LogP contribution < -0.4 is 15.1 Å². The van der Waals surface area contributed by atoms with Crippen molar-refractivity contribution in [2.24, 2.45) is 5.10 Å². The number of hydrogen-bond donors (Lipinski definition) is 2. The zero-order chi connectivity index (χ0) is 22.7. The predicted molar refractivity (Wildman–Crippen MR) is 122 cm³/mol. The molecule has 0 unspecified atom stereocenters. The van der Waals surface area contributed by atoms with Gasteiger partial charge in [0.15, 0.2) is 0 Å². The number of benzene rings is 3. The smallest absolute Gasteiger partial charge is 0.276 e. The van der Waals surface area contributed by atoms with E-state index in [0.717, 1.165) is 4.57 Å². The Bertz CT molecular complexity index is 1460. The maximum absolute atomic E-state index is 13.1. The van der Waals surface area contributed by atoms with Gasteiger partial charge in [-0.15, -0.1) is 0 Å². The highest BCUT2D eigenvalue weighted by molar-refractivity contribution is 7.89. The summed E-state index contributed by atoms with van der Waals surface area (Å²) in [4.78, 5) is 15.3. The molecule has 0 aliphatic rings. The number of methoxy groups -OCH3 is 1. The van der Waals surface area contributed by atoms with Gasteiger partial charge in [-0.05, 0) is 42.5 Å². The number of ether oxygens (including phenoxy) is 1. The number of hydrogen-bond acceptors (Lipinski definition) is 6. The highest BCUT2D eigenvalue weighted by Crippen LogP contribution is 2.26. The molecule has 9 heteroatoms. The van der Waals surface area contributed by atoms with Crippen LogP contribution >= 0.6 is 0 Å². The molecule has 32 heavy (non-hydrogen) atoms. The van der Waals surface area contributed by atoms with Crippen LogP contribution in [-0.2, 0) is 10.0 Å². The van der Waals surface area contributed by atoms with Crippen LogP contribution in [0.15, 0.2) is 93.7 Å². The molecule has 8 nitrogen and oxygen atoms in total. The van der Waals surface area contributed by atoms with Gasteiger partial charge in [-0.3, -0.25) is 4.79 Å². The van der Waals surface area contributed by atoms with Gasteiger partial charge in [0.05, 0.1) is 29.5 Å². The first-order chi connectivity index (χ1) is 15.4. The van der Waals surface area contributed by atoms with Gasteiger partial charge in [-0.1, -0.05) is 36.4 Å². The van der Waals surface area contributed by atoms with E-state index in [9.17, 15) is 18.3 Å². The number of hydrazone groups is 1. The zero-order valence-electron chi connectivity index (χ0n) is 17.0. The van der Waals surface area contributed by atoms with E-state index in [1.807, 2.05) is 0 Å². The van der Waals surface area contributed by atoms with Crippen molar-refractivity contribution in [3.05, 3.63) is 94.8 Å². The van der Waals surface area contributed by atoms with E-state index in [1.54, 1.807) is 66.7 Å². The molecule has 1 aromatic heterocycles. The Labute approximate surface area is 184 Å². The average Bonchev–Trinajstić information content (AvgIpc) is 2.82. The summed E-state index contributed by atoms with van der Waals surface area (Å²) in [6.45, 7) is 0. The second kappa shape index (κ2) is 8.56. The number of nitrogens with one attached hydrogen (secondary N) is 1. The van der Waals surface area contributed by atoms with Crippen molar-refractivity contribution < 1.29 is 18.3 Å². The summed E-state index contributed by atoms with van der Waals surface area (Å²) in [6, 6.07) is 21.1. The van der Waals surface area contributed by atoms with E-state index in [2.05, 4.69) is 9.93 Å². The molecule has 0 radical (unpaired) electrons. The fourth-order valence-corrected chi connectivity index (χ4v) is 4.09. The second-order valence-electron chi connectivity index (χ2n) is 6.79. The number of nitrogens with zero attached hydrogens (tertiary/aromatic N) is 2. The molecule has 4 rings (SSSR count). The van der Waals surface area contributed by atoms with E-state index in [-0.39, 0.29) is 16.3 Å². The van der Waals surface area contributed by atoms with Gasteiger partial charge >= 0.3 is 0 Å². The fourth-order valence-electron chi connectivity index (χ4n) is 3.27. The van der Waals surface area contributed by atoms with Gasteiger partial charge in [0, 0.05) is 10.8 Å². The molecule has 0 aliphatic carbocycles. The van der Waals surface area contributed by atoms with E-state index in [1.165, 1.54) is 25.5 Å². The van der Waals surface area contributed by atoms with Crippen molar-refractivity contribution in [3.63, 3.8) is 0 Å². The van der Waals surface area contributed by atoms with Crippen molar-refractivity contribution in [1.82, 2.24) is 9.40 Å². The summed E-state index contributed by atoms with van der Waals surface area (Å²) in [6.07, 6.45) is 1.18. The number of sulfonamides is 1. The monoisotopic (exact) mass is 449 g/mol. The molecule has 0 atom stereocenters. The molecule has 0 aliphatic heterocycles. The molecule has 162 valence electrons. The normalized spacial score (nSPS) is 11.7. The van der Waals surface area contributed by atoms with Crippen molar-refractivity contribution >= 4 is 27.0 Å². The Morgan fingerprint density at radius 3 is 2.22 bits per heavy atom. The minimum atomic E-state index is -3.89. The first-order valence-corrected chi connectivity index (χ1v) is 11.0. The van der Waals surface area contributed by atoms with Crippen LogP contribution in [-0.4, -0.2) is 31.4 Å². The topological polar surface area (TPSA) is 110 Å². The minimum absolute atomic E-state index is 0.0504. The maximum Gasteiger partial charge on any atom is 0.276 e. The van der Waals surface area contributed by atoms with Gasteiger partial charge in [0.1, 0.15) is 5.75 Å². The van der Waals surface area contributed by atoms with Crippen molar-refractivity contribution in [2.45, 2.75) is 4.90 Å². The quantitative estimate of drug-likeness (QED) is 0.347. The van der Waals surface area contributed by atoms with Crippen LogP contribution in [0.4, 0.5) is 0 Å². The second-order valence-corrected chi connectivity index (χ2v) is 8.45. The van der Waals surface area contributed by atoms with Gasteiger partial charge in [0.25, 0.3) is 15.6 Å². The van der Waals surface area contributed by atoms with Crippen LogP contribution in [0.25, 0.3) is 16.5 Å². The van der Waals surface area contributed by atoms with Crippen molar-refractivity contribution in [2.75, 3.05) is 7.11 Å². The van der Waals surface area contributed by atoms with Gasteiger partial charge in [-0.2, -0.15) is 13.5 Å². The fraction of sp³-hybridized carbons (Fsp3) is 0.0435. The molecule has 0 spiro atoms. The van der Waals surface area contributed by atoms with Crippen molar-refractivity contribution in [1.29, 1.82) is 0 Å². The Hall–Kier alpha value is -4.11. The molecular weight excluding hydrogens is 430 g/mol. The van der Waals surface area contributed by atoms with E-state index >= 15 is 0 Å². The Morgan fingerprint density at radius 1 is 0.938 bits per heavy atom. The average molecular weight is 449 g/mol. The summed E-state index contributed by atoms with van der Waals surface area (Å²) < 4.78 is 31.1. The molecule has 0 saturated carbocycles. The lowest BCUT2D eigenvalue weighted by molar-refractivity contribution is 0.414. The number of aromatic nitrogens is 1. The number of rotatable bonds is 6.